The predicted octanol–water partition coefficient (Wildman–Crippen LogP) is 3.15. The summed E-state index contributed by atoms with van der Waals surface area (Å²) in [5.74, 6) is -4.97. The highest BCUT2D eigenvalue weighted by Crippen LogP contribution is 2.38. The van der Waals surface area contributed by atoms with E-state index in [0.29, 0.717) is 5.39 Å². The van der Waals surface area contributed by atoms with Crippen LogP contribution in [0.25, 0.3) is 11.0 Å². The van der Waals surface area contributed by atoms with E-state index in [2.05, 4.69) is 15.1 Å². The minimum atomic E-state index is -5.59. The lowest BCUT2D eigenvalue weighted by Crippen LogP contribution is -2.36. The average molecular weight is 315 g/mol. The number of aromatic nitrogens is 4. The van der Waals surface area contributed by atoms with Crippen molar-refractivity contribution in [2.24, 2.45) is 7.05 Å². The van der Waals surface area contributed by atoms with Gasteiger partial charge in [-0.05, 0) is 0 Å². The average Bonchev–Trinajstić information content (AvgIpc) is 2.68. The maximum Gasteiger partial charge on any atom is 0.453 e. The van der Waals surface area contributed by atoms with E-state index in [1.165, 1.54) is 10.9 Å². The maximum atomic E-state index is 12.8. The van der Waals surface area contributed by atoms with Crippen molar-refractivity contribution in [1.82, 2.24) is 19.7 Å². The van der Waals surface area contributed by atoms with Crippen LogP contribution in [-0.4, -0.2) is 31.8 Å². The fourth-order valence-corrected chi connectivity index (χ4v) is 1.78. The van der Waals surface area contributed by atoms with E-state index in [0.717, 1.165) is 0 Å². The molecule has 0 unspecified atom stereocenters. The van der Waals surface area contributed by atoms with E-state index < -0.39 is 24.9 Å². The third kappa shape index (κ3) is 2.67. The molecular weight excluding hydrogens is 307 g/mol. The first-order valence-corrected chi connectivity index (χ1v) is 5.78. The molecule has 0 N–H and O–H groups in total. The molecule has 0 aliphatic rings. The summed E-state index contributed by atoms with van der Waals surface area (Å²) in [5, 5.41) is 4.22. The summed E-state index contributed by atoms with van der Waals surface area (Å²) in [5.41, 5.74) is 0.273. The SMILES string of the molecule is Cn1ncc2c(Cl)nc(CCC(F)(F)C(F)(F)F)nc21. The van der Waals surface area contributed by atoms with Gasteiger partial charge in [-0.1, -0.05) is 11.6 Å². The second kappa shape index (κ2) is 4.80. The van der Waals surface area contributed by atoms with Gasteiger partial charge in [-0.25, -0.2) is 9.97 Å². The normalized spacial score (nSPS) is 13.2. The smallest absolute Gasteiger partial charge is 0.250 e. The Morgan fingerprint density at radius 3 is 2.45 bits per heavy atom. The van der Waals surface area contributed by atoms with E-state index in [-0.39, 0.29) is 16.6 Å². The molecule has 0 bridgehead atoms. The molecule has 2 rings (SSSR count). The lowest BCUT2D eigenvalue weighted by Gasteiger charge is -2.18. The van der Waals surface area contributed by atoms with Gasteiger partial charge >= 0.3 is 12.1 Å². The van der Waals surface area contributed by atoms with Gasteiger partial charge < -0.3 is 0 Å². The molecular formula is C10H8ClF5N4. The molecule has 0 atom stereocenters. The zero-order valence-corrected chi connectivity index (χ0v) is 10.8. The van der Waals surface area contributed by atoms with Crippen LogP contribution in [0.5, 0.6) is 0 Å². The minimum absolute atomic E-state index is 0.0339. The lowest BCUT2D eigenvalue weighted by molar-refractivity contribution is -0.284. The third-order valence-electron chi connectivity index (χ3n) is 2.67. The summed E-state index contributed by atoms with van der Waals surface area (Å²) in [4.78, 5) is 7.59. The Morgan fingerprint density at radius 1 is 1.20 bits per heavy atom. The van der Waals surface area contributed by atoms with Crippen molar-refractivity contribution in [2.45, 2.75) is 24.9 Å². The number of hydrogen-bond acceptors (Lipinski definition) is 3. The molecule has 0 aliphatic heterocycles. The number of nitrogens with zero attached hydrogens (tertiary/aromatic N) is 4. The predicted molar refractivity (Wildman–Crippen MR) is 60.6 cm³/mol. The van der Waals surface area contributed by atoms with Gasteiger partial charge in [0, 0.05) is 19.9 Å². The quantitative estimate of drug-likeness (QED) is 0.646. The first-order chi connectivity index (χ1) is 9.12. The highest BCUT2D eigenvalue weighted by atomic mass is 35.5. The zero-order valence-electron chi connectivity index (χ0n) is 10.0. The van der Waals surface area contributed by atoms with E-state index in [4.69, 9.17) is 11.6 Å². The van der Waals surface area contributed by atoms with E-state index >= 15 is 0 Å². The van der Waals surface area contributed by atoms with Crippen molar-refractivity contribution in [1.29, 1.82) is 0 Å². The Labute approximate surface area is 114 Å². The molecule has 0 saturated carbocycles. The number of halogens is 6. The molecule has 110 valence electrons. The number of aryl methyl sites for hydroxylation is 2. The van der Waals surface area contributed by atoms with E-state index in [1.807, 2.05) is 0 Å². The van der Waals surface area contributed by atoms with Crippen LogP contribution in [-0.2, 0) is 13.5 Å². The van der Waals surface area contributed by atoms with Gasteiger partial charge in [-0.2, -0.15) is 27.1 Å². The second-order valence-electron chi connectivity index (χ2n) is 4.14. The van der Waals surface area contributed by atoms with Crippen molar-refractivity contribution in [2.75, 3.05) is 0 Å². The topological polar surface area (TPSA) is 43.6 Å². The minimum Gasteiger partial charge on any atom is -0.250 e. The van der Waals surface area contributed by atoms with Crippen LogP contribution >= 0.6 is 11.6 Å². The van der Waals surface area contributed by atoms with Crippen LogP contribution < -0.4 is 0 Å². The molecule has 2 aromatic rings. The van der Waals surface area contributed by atoms with Gasteiger partial charge in [0.15, 0.2) is 5.65 Å². The fraction of sp³-hybridized carbons (Fsp3) is 0.500. The molecule has 4 nitrogen and oxygen atoms in total. The number of rotatable bonds is 3. The summed E-state index contributed by atoms with van der Waals surface area (Å²) in [6.07, 6.45) is -6.29. The molecule has 20 heavy (non-hydrogen) atoms. The fourth-order valence-electron chi connectivity index (χ4n) is 1.55. The highest BCUT2D eigenvalue weighted by Gasteiger charge is 2.56. The number of alkyl halides is 5. The van der Waals surface area contributed by atoms with Gasteiger partial charge in [0.2, 0.25) is 0 Å². The standard InChI is InChI=1S/C10H8ClF5N4/c1-20-8-5(4-17-20)7(11)18-6(19-8)2-3-9(12,13)10(14,15)16/h4H,2-3H2,1H3. The van der Waals surface area contributed by atoms with Crippen molar-refractivity contribution < 1.29 is 22.0 Å². The molecule has 2 aromatic heterocycles. The van der Waals surface area contributed by atoms with E-state index in [9.17, 15) is 22.0 Å². The van der Waals surface area contributed by atoms with Crippen molar-refractivity contribution in [3.8, 4) is 0 Å². The Kier molecular flexibility index (Phi) is 3.57. The molecule has 0 radical (unpaired) electrons. The zero-order chi connectivity index (χ0) is 15.1. The van der Waals surface area contributed by atoms with Crippen LogP contribution in [0, 0.1) is 0 Å². The summed E-state index contributed by atoms with van der Waals surface area (Å²) >= 11 is 5.80. The van der Waals surface area contributed by atoms with Gasteiger partial charge in [0.25, 0.3) is 0 Å². The van der Waals surface area contributed by atoms with Crippen molar-refractivity contribution in [3.63, 3.8) is 0 Å². The monoisotopic (exact) mass is 314 g/mol. The summed E-state index contributed by atoms with van der Waals surface area (Å²) in [7, 11) is 1.54. The first kappa shape index (κ1) is 14.9. The van der Waals surface area contributed by atoms with Crippen LogP contribution in [0.4, 0.5) is 22.0 Å². The molecule has 2 heterocycles. The van der Waals surface area contributed by atoms with E-state index in [1.54, 1.807) is 7.05 Å². The lowest BCUT2D eigenvalue weighted by atomic mass is 10.1. The molecule has 0 saturated heterocycles. The Balaban J connectivity index is 2.25. The molecule has 0 aliphatic carbocycles. The largest absolute Gasteiger partial charge is 0.453 e. The molecule has 10 heteroatoms. The van der Waals surface area contributed by atoms with Crippen molar-refractivity contribution >= 4 is 22.6 Å². The van der Waals surface area contributed by atoms with Crippen molar-refractivity contribution in [3.05, 3.63) is 17.2 Å². The van der Waals surface area contributed by atoms with Crippen LogP contribution in [0.2, 0.25) is 5.15 Å². The van der Waals surface area contributed by atoms with Gasteiger partial charge in [-0.15, -0.1) is 0 Å². The van der Waals surface area contributed by atoms with Gasteiger partial charge in [0.05, 0.1) is 11.6 Å². The summed E-state index contributed by atoms with van der Waals surface area (Å²) in [6, 6.07) is 0. The number of hydrogen-bond donors (Lipinski definition) is 0. The Morgan fingerprint density at radius 2 is 1.85 bits per heavy atom. The van der Waals surface area contributed by atoms with Crippen LogP contribution in [0.15, 0.2) is 6.20 Å². The number of fused-ring (bicyclic) bond motifs is 1. The summed E-state index contributed by atoms with van der Waals surface area (Å²) < 4.78 is 63.1. The first-order valence-electron chi connectivity index (χ1n) is 5.40. The van der Waals surface area contributed by atoms with Gasteiger partial charge in [-0.3, -0.25) is 4.68 Å². The summed E-state index contributed by atoms with van der Waals surface area (Å²) in [6.45, 7) is 0. The van der Waals surface area contributed by atoms with Crippen LogP contribution in [0.3, 0.4) is 0 Å². The third-order valence-corrected chi connectivity index (χ3v) is 2.96. The highest BCUT2D eigenvalue weighted by molar-refractivity contribution is 6.33. The van der Waals surface area contributed by atoms with Crippen LogP contribution in [0.1, 0.15) is 12.2 Å². The maximum absolute atomic E-state index is 12.8. The molecule has 0 spiro atoms. The second-order valence-corrected chi connectivity index (χ2v) is 4.50. The molecule has 0 aromatic carbocycles. The molecule has 0 amide bonds. The van der Waals surface area contributed by atoms with Gasteiger partial charge in [0.1, 0.15) is 11.0 Å². The Bertz CT molecular complexity index is 636. The Hall–Kier alpha value is -1.51. The molecule has 0 fully saturated rings.